The van der Waals surface area contributed by atoms with E-state index in [-0.39, 0.29) is 5.41 Å². The molecule has 0 aliphatic carbocycles. The fourth-order valence-electron chi connectivity index (χ4n) is 1.88. The molecule has 0 amide bonds. The Bertz CT molecular complexity index is 342. The smallest absolute Gasteiger partial charge is 0.201 e. The van der Waals surface area contributed by atoms with Gasteiger partial charge in [-0.1, -0.05) is 6.92 Å². The summed E-state index contributed by atoms with van der Waals surface area (Å²) in [5.41, 5.74) is 6.68. The fourth-order valence-corrected chi connectivity index (χ4v) is 3.34. The molecule has 0 bridgehead atoms. The number of rotatable bonds is 3. The zero-order valence-corrected chi connectivity index (χ0v) is 10.2. The molecule has 0 aromatic carbocycles. The van der Waals surface area contributed by atoms with Gasteiger partial charge >= 0.3 is 0 Å². The van der Waals surface area contributed by atoms with E-state index < -0.39 is 0 Å². The molecule has 1 aromatic heterocycles. The lowest BCUT2D eigenvalue weighted by Gasteiger charge is -2.17. The second-order valence-electron chi connectivity index (χ2n) is 4.43. The number of hydrogen-bond donors (Lipinski definition) is 1. The third-order valence-corrected chi connectivity index (χ3v) is 4.33. The second-order valence-corrected chi connectivity index (χ2v) is 5.53. The maximum Gasteiger partial charge on any atom is 0.201 e. The molecular weight excluding hydrogens is 208 g/mol. The molecule has 1 saturated heterocycles. The Hall–Kier alpha value is -0.480. The van der Waals surface area contributed by atoms with Gasteiger partial charge in [0.2, 0.25) is 5.89 Å². The van der Waals surface area contributed by atoms with Gasteiger partial charge in [0.1, 0.15) is 5.76 Å². The van der Waals surface area contributed by atoms with Crippen LogP contribution in [0.15, 0.2) is 4.42 Å². The van der Waals surface area contributed by atoms with Crippen LogP contribution in [0.4, 0.5) is 0 Å². The van der Waals surface area contributed by atoms with E-state index in [9.17, 15) is 0 Å². The van der Waals surface area contributed by atoms with E-state index in [1.807, 2.05) is 18.7 Å². The number of nitrogens with zero attached hydrogens (tertiary/aromatic N) is 1. The van der Waals surface area contributed by atoms with Crippen molar-refractivity contribution in [3.8, 4) is 0 Å². The molecule has 1 unspecified atom stereocenters. The van der Waals surface area contributed by atoms with Crippen molar-refractivity contribution < 1.29 is 4.42 Å². The number of aromatic nitrogens is 1. The second kappa shape index (κ2) is 4.18. The number of nitrogens with two attached hydrogens (primary N) is 1. The first kappa shape index (κ1) is 11.0. The van der Waals surface area contributed by atoms with E-state index in [0.29, 0.717) is 6.54 Å². The van der Waals surface area contributed by atoms with Gasteiger partial charge in [-0.2, -0.15) is 11.8 Å². The van der Waals surface area contributed by atoms with Crippen LogP contribution in [0.3, 0.4) is 0 Å². The van der Waals surface area contributed by atoms with Crippen molar-refractivity contribution in [3.63, 3.8) is 0 Å². The minimum atomic E-state index is 0.141. The molecule has 1 atom stereocenters. The molecule has 15 heavy (non-hydrogen) atoms. The predicted molar refractivity (Wildman–Crippen MR) is 63.3 cm³/mol. The Labute approximate surface area is 94.8 Å². The van der Waals surface area contributed by atoms with Crippen LogP contribution in [0, 0.1) is 6.92 Å². The molecule has 1 aliphatic heterocycles. The van der Waals surface area contributed by atoms with E-state index in [0.717, 1.165) is 29.5 Å². The summed E-state index contributed by atoms with van der Waals surface area (Å²) in [4.78, 5) is 4.55. The maximum absolute atomic E-state index is 5.84. The highest BCUT2D eigenvalue weighted by Gasteiger charge is 2.36. The van der Waals surface area contributed by atoms with Gasteiger partial charge in [0.15, 0.2) is 0 Å². The molecule has 2 N–H and O–H groups in total. The highest BCUT2D eigenvalue weighted by Crippen LogP contribution is 2.38. The molecule has 2 rings (SSSR count). The van der Waals surface area contributed by atoms with Crippen LogP contribution in [0.2, 0.25) is 0 Å². The minimum absolute atomic E-state index is 0.141. The Morgan fingerprint density at radius 1 is 1.60 bits per heavy atom. The largest absolute Gasteiger partial charge is 0.445 e. The summed E-state index contributed by atoms with van der Waals surface area (Å²) in [5, 5.41) is 0. The first-order valence-electron chi connectivity index (χ1n) is 5.40. The van der Waals surface area contributed by atoms with Gasteiger partial charge in [0, 0.05) is 12.2 Å². The summed E-state index contributed by atoms with van der Waals surface area (Å²) in [6.45, 7) is 4.87. The van der Waals surface area contributed by atoms with Gasteiger partial charge in [-0.25, -0.2) is 4.98 Å². The molecule has 1 aliphatic rings. The lowest BCUT2D eigenvalue weighted by atomic mass is 9.90. The molecule has 0 spiro atoms. The first-order chi connectivity index (χ1) is 7.15. The monoisotopic (exact) mass is 226 g/mol. The molecule has 4 heteroatoms. The topological polar surface area (TPSA) is 52.0 Å². The van der Waals surface area contributed by atoms with Crippen molar-refractivity contribution in [3.05, 3.63) is 17.3 Å². The van der Waals surface area contributed by atoms with Gasteiger partial charge in [0.05, 0.1) is 11.1 Å². The quantitative estimate of drug-likeness (QED) is 0.855. The summed E-state index contributed by atoms with van der Waals surface area (Å²) in [6.07, 6.45) is 1.96. The molecule has 3 nitrogen and oxygen atoms in total. The fraction of sp³-hybridized carbons (Fsp3) is 0.727. The lowest BCUT2D eigenvalue weighted by Crippen LogP contribution is -2.21. The molecule has 1 aromatic rings. The van der Waals surface area contributed by atoms with Crippen LogP contribution in [-0.2, 0) is 11.8 Å². The molecule has 0 saturated carbocycles. The first-order valence-corrected chi connectivity index (χ1v) is 6.56. The van der Waals surface area contributed by atoms with E-state index in [4.69, 9.17) is 10.2 Å². The summed E-state index contributed by atoms with van der Waals surface area (Å²) in [5.74, 6) is 4.21. The molecule has 0 radical (unpaired) electrons. The van der Waals surface area contributed by atoms with Crippen LogP contribution >= 0.6 is 11.8 Å². The van der Waals surface area contributed by atoms with Crippen LogP contribution in [-0.4, -0.2) is 23.0 Å². The lowest BCUT2D eigenvalue weighted by molar-refractivity contribution is 0.358. The van der Waals surface area contributed by atoms with Crippen molar-refractivity contribution in [2.75, 3.05) is 18.1 Å². The highest BCUT2D eigenvalue weighted by atomic mass is 32.2. The summed E-state index contributed by atoms with van der Waals surface area (Å²) in [6, 6.07) is 0. The Morgan fingerprint density at radius 2 is 2.40 bits per heavy atom. The average molecular weight is 226 g/mol. The van der Waals surface area contributed by atoms with Gasteiger partial charge in [-0.3, -0.25) is 0 Å². The Balaban J connectivity index is 2.25. The zero-order chi connectivity index (χ0) is 10.9. The van der Waals surface area contributed by atoms with Crippen LogP contribution in [0.5, 0.6) is 0 Å². The van der Waals surface area contributed by atoms with E-state index in [2.05, 4.69) is 11.9 Å². The predicted octanol–water partition coefficient (Wildman–Crippen LogP) is 1.88. The van der Waals surface area contributed by atoms with E-state index in [1.54, 1.807) is 0 Å². The van der Waals surface area contributed by atoms with Crippen molar-refractivity contribution in [2.24, 2.45) is 5.73 Å². The van der Waals surface area contributed by atoms with Crippen molar-refractivity contribution >= 4 is 11.8 Å². The van der Waals surface area contributed by atoms with Gasteiger partial charge in [-0.05, 0) is 25.6 Å². The normalized spacial score (nSPS) is 26.1. The molecule has 2 heterocycles. The van der Waals surface area contributed by atoms with E-state index in [1.165, 1.54) is 12.2 Å². The summed E-state index contributed by atoms with van der Waals surface area (Å²) >= 11 is 1.98. The van der Waals surface area contributed by atoms with Gasteiger partial charge in [0.25, 0.3) is 0 Å². The minimum Gasteiger partial charge on any atom is -0.445 e. The van der Waals surface area contributed by atoms with Crippen molar-refractivity contribution in [2.45, 2.75) is 32.1 Å². The third kappa shape index (κ3) is 2.06. The Kier molecular flexibility index (Phi) is 3.07. The average Bonchev–Trinajstić information content (AvgIpc) is 2.76. The van der Waals surface area contributed by atoms with Crippen LogP contribution in [0.25, 0.3) is 0 Å². The highest BCUT2D eigenvalue weighted by molar-refractivity contribution is 7.99. The number of oxazole rings is 1. The third-order valence-electron chi connectivity index (χ3n) is 3.00. The van der Waals surface area contributed by atoms with Crippen molar-refractivity contribution in [1.82, 2.24) is 4.98 Å². The van der Waals surface area contributed by atoms with E-state index >= 15 is 0 Å². The number of hydrogen-bond acceptors (Lipinski definition) is 4. The van der Waals surface area contributed by atoms with Crippen LogP contribution in [0.1, 0.15) is 30.7 Å². The molecular formula is C11H18N2OS. The van der Waals surface area contributed by atoms with Gasteiger partial charge < -0.3 is 10.2 Å². The maximum atomic E-state index is 5.84. The van der Waals surface area contributed by atoms with Crippen LogP contribution < -0.4 is 5.73 Å². The SMILES string of the molecule is Cc1nc(C2(C)CCSC2)oc1CCN. The summed E-state index contributed by atoms with van der Waals surface area (Å²) < 4.78 is 5.84. The number of aryl methyl sites for hydroxylation is 1. The zero-order valence-electron chi connectivity index (χ0n) is 9.38. The standard InChI is InChI=1S/C11H18N2OS/c1-8-9(3-5-12)14-10(13-8)11(2)4-6-15-7-11/h3-7,12H2,1-2H3. The van der Waals surface area contributed by atoms with Gasteiger partial charge in [-0.15, -0.1) is 0 Å². The van der Waals surface area contributed by atoms with Crippen molar-refractivity contribution in [1.29, 1.82) is 0 Å². The summed E-state index contributed by atoms with van der Waals surface area (Å²) in [7, 11) is 0. The number of thioether (sulfide) groups is 1. The molecule has 84 valence electrons. The Morgan fingerprint density at radius 3 is 3.00 bits per heavy atom. The molecule has 1 fully saturated rings.